The zero-order valence-electron chi connectivity index (χ0n) is 12.3. The zero-order chi connectivity index (χ0) is 15.0. The van der Waals surface area contributed by atoms with E-state index in [2.05, 4.69) is 13.0 Å². The Morgan fingerprint density at radius 3 is 2.62 bits per heavy atom. The molecular formula is C18H18N2O. The van der Waals surface area contributed by atoms with Crippen LogP contribution in [-0.4, -0.2) is 4.57 Å². The SMILES string of the molecule is CCc1ccc2c(=O)n(C)cc(-c3cccc(N)c3)c2c1. The average molecular weight is 278 g/mol. The number of aryl methyl sites for hydroxylation is 2. The Bertz CT molecular complexity index is 878. The standard InChI is InChI=1S/C18H18N2O/c1-3-12-7-8-15-16(9-12)17(11-20(2)18(15)21)13-5-4-6-14(19)10-13/h4-11H,3,19H2,1-2H3. The smallest absolute Gasteiger partial charge is 0.258 e. The number of nitrogens with zero attached hydrogens (tertiary/aromatic N) is 1. The summed E-state index contributed by atoms with van der Waals surface area (Å²) >= 11 is 0. The number of aromatic nitrogens is 1. The monoisotopic (exact) mass is 278 g/mol. The van der Waals surface area contributed by atoms with Crippen molar-refractivity contribution in [2.75, 3.05) is 5.73 Å². The van der Waals surface area contributed by atoms with Crippen LogP contribution >= 0.6 is 0 Å². The highest BCUT2D eigenvalue weighted by molar-refractivity contribution is 5.96. The first-order chi connectivity index (χ1) is 10.1. The summed E-state index contributed by atoms with van der Waals surface area (Å²) in [4.78, 5) is 12.3. The molecule has 0 aliphatic carbocycles. The second kappa shape index (κ2) is 5.09. The highest BCUT2D eigenvalue weighted by atomic mass is 16.1. The summed E-state index contributed by atoms with van der Waals surface area (Å²) in [6, 6.07) is 13.8. The number of rotatable bonds is 2. The average Bonchev–Trinajstić information content (AvgIpc) is 2.50. The molecule has 0 saturated carbocycles. The molecule has 0 aliphatic rings. The van der Waals surface area contributed by atoms with Crippen molar-refractivity contribution in [1.29, 1.82) is 0 Å². The lowest BCUT2D eigenvalue weighted by molar-refractivity contribution is 0.874. The topological polar surface area (TPSA) is 48.0 Å². The summed E-state index contributed by atoms with van der Waals surface area (Å²) in [5.41, 5.74) is 9.94. The summed E-state index contributed by atoms with van der Waals surface area (Å²) < 4.78 is 1.63. The molecule has 2 N–H and O–H groups in total. The molecule has 3 heteroatoms. The first kappa shape index (κ1) is 13.4. The Morgan fingerprint density at radius 1 is 1.10 bits per heavy atom. The van der Waals surface area contributed by atoms with Crippen molar-refractivity contribution in [1.82, 2.24) is 4.57 Å². The van der Waals surface area contributed by atoms with E-state index < -0.39 is 0 Å². The van der Waals surface area contributed by atoms with E-state index in [9.17, 15) is 4.79 Å². The van der Waals surface area contributed by atoms with Crippen LogP contribution in [0.25, 0.3) is 21.9 Å². The fraction of sp³-hybridized carbons (Fsp3) is 0.167. The lowest BCUT2D eigenvalue weighted by Gasteiger charge is -2.11. The summed E-state index contributed by atoms with van der Waals surface area (Å²) in [6.45, 7) is 2.11. The van der Waals surface area contributed by atoms with Gasteiger partial charge in [-0.05, 0) is 41.1 Å². The van der Waals surface area contributed by atoms with Crippen molar-refractivity contribution in [3.05, 3.63) is 64.6 Å². The van der Waals surface area contributed by atoms with Gasteiger partial charge in [0, 0.05) is 29.9 Å². The molecule has 3 nitrogen and oxygen atoms in total. The van der Waals surface area contributed by atoms with Crippen LogP contribution in [0.5, 0.6) is 0 Å². The van der Waals surface area contributed by atoms with Gasteiger partial charge in [-0.2, -0.15) is 0 Å². The predicted molar refractivity (Wildman–Crippen MR) is 88.4 cm³/mol. The minimum absolute atomic E-state index is 0.0281. The molecule has 0 amide bonds. The van der Waals surface area contributed by atoms with Crippen LogP contribution in [0, 0.1) is 0 Å². The summed E-state index contributed by atoms with van der Waals surface area (Å²) in [5, 5.41) is 1.73. The van der Waals surface area contributed by atoms with Crippen LogP contribution in [-0.2, 0) is 13.5 Å². The first-order valence-corrected chi connectivity index (χ1v) is 7.08. The number of nitrogens with two attached hydrogens (primary N) is 1. The second-order valence-electron chi connectivity index (χ2n) is 5.32. The van der Waals surface area contributed by atoms with Gasteiger partial charge in [-0.1, -0.05) is 31.2 Å². The molecule has 2 aromatic carbocycles. The molecule has 0 saturated heterocycles. The van der Waals surface area contributed by atoms with Crippen molar-refractivity contribution in [2.45, 2.75) is 13.3 Å². The molecule has 21 heavy (non-hydrogen) atoms. The van der Waals surface area contributed by atoms with E-state index in [1.54, 1.807) is 11.6 Å². The van der Waals surface area contributed by atoms with E-state index >= 15 is 0 Å². The Morgan fingerprint density at radius 2 is 1.90 bits per heavy atom. The number of anilines is 1. The first-order valence-electron chi connectivity index (χ1n) is 7.08. The Kier molecular flexibility index (Phi) is 3.26. The van der Waals surface area contributed by atoms with Crippen LogP contribution in [0.15, 0.2) is 53.5 Å². The molecule has 0 atom stereocenters. The van der Waals surface area contributed by atoms with E-state index in [-0.39, 0.29) is 5.56 Å². The predicted octanol–water partition coefficient (Wildman–Crippen LogP) is 3.35. The molecule has 0 aliphatic heterocycles. The summed E-state index contributed by atoms with van der Waals surface area (Å²) in [6.07, 6.45) is 2.83. The zero-order valence-corrected chi connectivity index (χ0v) is 12.3. The second-order valence-corrected chi connectivity index (χ2v) is 5.32. The van der Waals surface area contributed by atoms with E-state index in [1.165, 1.54) is 5.56 Å². The van der Waals surface area contributed by atoms with Gasteiger partial charge in [0.25, 0.3) is 5.56 Å². The van der Waals surface area contributed by atoms with E-state index in [1.807, 2.05) is 42.6 Å². The number of nitrogen functional groups attached to an aromatic ring is 1. The van der Waals surface area contributed by atoms with Gasteiger partial charge in [-0.25, -0.2) is 0 Å². The maximum atomic E-state index is 12.3. The van der Waals surface area contributed by atoms with Crippen LogP contribution in [0.2, 0.25) is 0 Å². The van der Waals surface area contributed by atoms with Gasteiger partial charge < -0.3 is 10.3 Å². The van der Waals surface area contributed by atoms with Crippen LogP contribution in [0.4, 0.5) is 5.69 Å². The van der Waals surface area contributed by atoms with Crippen molar-refractivity contribution >= 4 is 16.5 Å². The van der Waals surface area contributed by atoms with Gasteiger partial charge in [0.2, 0.25) is 0 Å². The quantitative estimate of drug-likeness (QED) is 0.731. The van der Waals surface area contributed by atoms with Crippen LogP contribution < -0.4 is 11.3 Å². The maximum absolute atomic E-state index is 12.3. The third kappa shape index (κ3) is 2.31. The van der Waals surface area contributed by atoms with Gasteiger partial charge in [0.15, 0.2) is 0 Å². The molecule has 0 radical (unpaired) electrons. The molecular weight excluding hydrogens is 260 g/mol. The number of hydrogen-bond acceptors (Lipinski definition) is 2. The molecule has 106 valence electrons. The van der Waals surface area contributed by atoms with Gasteiger partial charge in [0.1, 0.15) is 0 Å². The number of hydrogen-bond donors (Lipinski definition) is 1. The fourth-order valence-electron chi connectivity index (χ4n) is 2.67. The van der Waals surface area contributed by atoms with Gasteiger partial charge in [-0.3, -0.25) is 4.79 Å². The van der Waals surface area contributed by atoms with E-state index in [4.69, 9.17) is 5.73 Å². The maximum Gasteiger partial charge on any atom is 0.258 e. The lowest BCUT2D eigenvalue weighted by Crippen LogP contribution is -2.16. The molecule has 1 heterocycles. The van der Waals surface area contributed by atoms with Crippen molar-refractivity contribution < 1.29 is 0 Å². The van der Waals surface area contributed by atoms with Crippen LogP contribution in [0.1, 0.15) is 12.5 Å². The Hall–Kier alpha value is -2.55. The summed E-state index contributed by atoms with van der Waals surface area (Å²) in [7, 11) is 1.78. The molecule has 1 aromatic heterocycles. The van der Waals surface area contributed by atoms with Crippen LogP contribution in [0.3, 0.4) is 0 Å². The normalized spacial score (nSPS) is 11.0. The van der Waals surface area contributed by atoms with Crippen molar-refractivity contribution in [3.8, 4) is 11.1 Å². The lowest BCUT2D eigenvalue weighted by atomic mass is 9.98. The Balaban J connectivity index is 2.41. The minimum atomic E-state index is 0.0281. The summed E-state index contributed by atoms with van der Waals surface area (Å²) in [5.74, 6) is 0. The third-order valence-electron chi connectivity index (χ3n) is 3.85. The van der Waals surface area contributed by atoms with Crippen molar-refractivity contribution in [3.63, 3.8) is 0 Å². The number of pyridine rings is 1. The number of benzene rings is 2. The fourth-order valence-corrected chi connectivity index (χ4v) is 2.67. The molecule has 0 fully saturated rings. The third-order valence-corrected chi connectivity index (χ3v) is 3.85. The molecule has 3 rings (SSSR count). The minimum Gasteiger partial charge on any atom is -0.399 e. The Labute approximate surface area is 123 Å². The van der Waals surface area contributed by atoms with Gasteiger partial charge in [-0.15, -0.1) is 0 Å². The molecule has 0 bridgehead atoms. The highest BCUT2D eigenvalue weighted by Gasteiger charge is 2.09. The van der Waals surface area contributed by atoms with Gasteiger partial charge >= 0.3 is 0 Å². The molecule has 3 aromatic rings. The van der Waals surface area contributed by atoms with E-state index in [0.717, 1.165) is 34.0 Å². The van der Waals surface area contributed by atoms with Crippen molar-refractivity contribution in [2.24, 2.45) is 7.05 Å². The molecule has 0 spiro atoms. The number of fused-ring (bicyclic) bond motifs is 1. The van der Waals surface area contributed by atoms with Gasteiger partial charge in [0.05, 0.1) is 0 Å². The van der Waals surface area contributed by atoms with E-state index in [0.29, 0.717) is 0 Å². The highest BCUT2D eigenvalue weighted by Crippen LogP contribution is 2.28. The molecule has 0 unspecified atom stereocenters. The largest absolute Gasteiger partial charge is 0.399 e.